The molecule has 0 aliphatic carbocycles. The topological polar surface area (TPSA) is 33.3 Å². The van der Waals surface area contributed by atoms with E-state index in [0.29, 0.717) is 18.3 Å². The Kier molecular flexibility index (Phi) is 5.38. The van der Waals surface area contributed by atoms with Crippen molar-refractivity contribution >= 4 is 23.0 Å². The Morgan fingerprint density at radius 2 is 1.75 bits per heavy atom. The van der Waals surface area contributed by atoms with Crippen molar-refractivity contribution in [1.29, 1.82) is 0 Å². The number of anilines is 1. The molecule has 0 aliphatic rings. The van der Waals surface area contributed by atoms with Crippen LogP contribution in [0.25, 0.3) is 0 Å². The Bertz CT molecular complexity index is 557. The lowest BCUT2D eigenvalue weighted by atomic mass is 10.2. The number of aryl methyl sites for hydroxylation is 1. The van der Waals surface area contributed by atoms with Crippen LogP contribution in [0, 0.1) is 6.92 Å². The summed E-state index contributed by atoms with van der Waals surface area (Å²) < 4.78 is 5.58. The smallest absolute Gasteiger partial charge is 0.170 e. The summed E-state index contributed by atoms with van der Waals surface area (Å²) >= 11 is 5.25. The number of ether oxygens (including phenoxy) is 1. The van der Waals surface area contributed by atoms with Crippen molar-refractivity contribution in [2.24, 2.45) is 0 Å². The molecule has 0 aromatic heterocycles. The zero-order valence-corrected chi connectivity index (χ0v) is 12.2. The second kappa shape index (κ2) is 7.50. The Labute approximate surface area is 125 Å². The lowest BCUT2D eigenvalue weighted by Gasteiger charge is -2.12. The summed E-state index contributed by atoms with van der Waals surface area (Å²) in [4.78, 5) is 0. The molecule has 0 radical (unpaired) electrons. The molecule has 2 aromatic carbocycles. The summed E-state index contributed by atoms with van der Waals surface area (Å²) in [6.45, 7) is 3.27. The minimum Gasteiger partial charge on any atom is -0.492 e. The van der Waals surface area contributed by atoms with E-state index in [1.165, 1.54) is 0 Å². The van der Waals surface area contributed by atoms with Crippen molar-refractivity contribution < 1.29 is 4.74 Å². The summed E-state index contributed by atoms with van der Waals surface area (Å²) in [5.74, 6) is 0.868. The summed E-state index contributed by atoms with van der Waals surface area (Å²) in [7, 11) is 0. The van der Waals surface area contributed by atoms with Crippen LogP contribution in [0.3, 0.4) is 0 Å². The fourth-order valence-electron chi connectivity index (χ4n) is 1.73. The lowest BCUT2D eigenvalue weighted by molar-refractivity contribution is 0.323. The molecule has 0 saturated heterocycles. The number of benzene rings is 2. The van der Waals surface area contributed by atoms with Gasteiger partial charge in [0.25, 0.3) is 0 Å². The first-order chi connectivity index (χ1) is 9.75. The third-order valence-electron chi connectivity index (χ3n) is 2.79. The summed E-state index contributed by atoms with van der Waals surface area (Å²) in [6, 6.07) is 17.8. The van der Waals surface area contributed by atoms with Crippen molar-refractivity contribution in [3.63, 3.8) is 0 Å². The van der Waals surface area contributed by atoms with Gasteiger partial charge in [-0.1, -0.05) is 36.4 Å². The predicted octanol–water partition coefficient (Wildman–Crippen LogP) is 3.36. The van der Waals surface area contributed by atoms with Gasteiger partial charge in [-0.2, -0.15) is 0 Å². The number of para-hydroxylation sites is 2. The number of rotatable bonds is 5. The van der Waals surface area contributed by atoms with E-state index in [2.05, 4.69) is 10.6 Å². The predicted molar refractivity (Wildman–Crippen MR) is 87.3 cm³/mol. The molecule has 2 aromatic rings. The van der Waals surface area contributed by atoms with Gasteiger partial charge < -0.3 is 15.4 Å². The molecule has 0 saturated carbocycles. The molecule has 20 heavy (non-hydrogen) atoms. The Morgan fingerprint density at radius 3 is 2.50 bits per heavy atom. The number of hydrogen-bond acceptors (Lipinski definition) is 2. The number of thiocarbonyl (C=S) groups is 1. The van der Waals surface area contributed by atoms with E-state index in [1.807, 2.05) is 61.5 Å². The van der Waals surface area contributed by atoms with Gasteiger partial charge in [0, 0.05) is 5.69 Å². The first-order valence-corrected chi connectivity index (χ1v) is 6.95. The second-order valence-corrected chi connectivity index (χ2v) is 4.77. The van der Waals surface area contributed by atoms with Crippen LogP contribution in [0.5, 0.6) is 5.75 Å². The molecule has 104 valence electrons. The Morgan fingerprint density at radius 1 is 1.05 bits per heavy atom. The summed E-state index contributed by atoms with van der Waals surface area (Å²) in [5, 5.41) is 6.90. The molecule has 3 nitrogen and oxygen atoms in total. The normalized spacial score (nSPS) is 9.85. The largest absolute Gasteiger partial charge is 0.492 e. The van der Waals surface area contributed by atoms with Crippen LogP contribution >= 0.6 is 12.2 Å². The van der Waals surface area contributed by atoms with E-state index >= 15 is 0 Å². The first kappa shape index (κ1) is 14.3. The first-order valence-electron chi connectivity index (χ1n) is 6.54. The molecule has 2 rings (SSSR count). The van der Waals surface area contributed by atoms with Crippen molar-refractivity contribution in [3.05, 3.63) is 60.2 Å². The van der Waals surface area contributed by atoms with E-state index in [0.717, 1.165) is 17.0 Å². The minimum atomic E-state index is 0.569. The Hall–Kier alpha value is -2.07. The minimum absolute atomic E-state index is 0.569. The zero-order valence-electron chi connectivity index (χ0n) is 11.4. The molecule has 0 amide bonds. The lowest BCUT2D eigenvalue weighted by Crippen LogP contribution is -2.32. The third-order valence-corrected chi connectivity index (χ3v) is 3.04. The molecular weight excluding hydrogens is 268 g/mol. The third kappa shape index (κ3) is 4.55. The highest BCUT2D eigenvalue weighted by molar-refractivity contribution is 7.80. The maximum absolute atomic E-state index is 5.58. The molecule has 4 heteroatoms. The monoisotopic (exact) mass is 286 g/mol. The van der Waals surface area contributed by atoms with Gasteiger partial charge in [0.15, 0.2) is 5.11 Å². The van der Waals surface area contributed by atoms with E-state index in [1.54, 1.807) is 0 Å². The summed E-state index contributed by atoms with van der Waals surface area (Å²) in [5.41, 5.74) is 2.19. The van der Waals surface area contributed by atoms with Crippen molar-refractivity contribution in [1.82, 2.24) is 5.32 Å². The van der Waals surface area contributed by atoms with E-state index < -0.39 is 0 Å². The highest BCUT2D eigenvalue weighted by Gasteiger charge is 1.99. The average Bonchev–Trinajstić information content (AvgIpc) is 2.47. The summed E-state index contributed by atoms with van der Waals surface area (Å²) in [6.07, 6.45) is 0. The van der Waals surface area contributed by atoms with Gasteiger partial charge in [-0.05, 0) is 42.9 Å². The van der Waals surface area contributed by atoms with Crippen LogP contribution in [-0.4, -0.2) is 18.3 Å². The van der Waals surface area contributed by atoms with Crippen molar-refractivity contribution in [2.75, 3.05) is 18.5 Å². The highest BCUT2D eigenvalue weighted by Crippen LogP contribution is 2.12. The van der Waals surface area contributed by atoms with Gasteiger partial charge in [0.05, 0.1) is 6.54 Å². The van der Waals surface area contributed by atoms with Crippen LogP contribution in [0.1, 0.15) is 5.56 Å². The van der Waals surface area contributed by atoms with E-state index in [-0.39, 0.29) is 0 Å². The molecular formula is C16H18N2OS. The van der Waals surface area contributed by atoms with Gasteiger partial charge in [0.2, 0.25) is 0 Å². The fourth-order valence-corrected chi connectivity index (χ4v) is 1.94. The molecule has 0 heterocycles. The molecule has 0 bridgehead atoms. The van der Waals surface area contributed by atoms with Gasteiger partial charge in [-0.25, -0.2) is 0 Å². The van der Waals surface area contributed by atoms with Crippen LogP contribution in [0.4, 0.5) is 5.69 Å². The number of hydrogen-bond donors (Lipinski definition) is 2. The van der Waals surface area contributed by atoms with E-state index in [9.17, 15) is 0 Å². The van der Waals surface area contributed by atoms with Crippen LogP contribution in [0.15, 0.2) is 54.6 Å². The quantitative estimate of drug-likeness (QED) is 0.652. The van der Waals surface area contributed by atoms with Crippen LogP contribution in [0.2, 0.25) is 0 Å². The van der Waals surface area contributed by atoms with Crippen molar-refractivity contribution in [3.8, 4) is 5.75 Å². The van der Waals surface area contributed by atoms with Gasteiger partial charge >= 0.3 is 0 Å². The van der Waals surface area contributed by atoms with Gasteiger partial charge in [0.1, 0.15) is 12.4 Å². The SMILES string of the molecule is Cc1ccccc1NC(=S)NCCOc1ccccc1. The Balaban J connectivity index is 1.69. The molecule has 0 aliphatic heterocycles. The maximum Gasteiger partial charge on any atom is 0.170 e. The standard InChI is InChI=1S/C16H18N2OS/c1-13-7-5-6-10-15(13)18-16(20)17-11-12-19-14-8-3-2-4-9-14/h2-10H,11-12H2,1H3,(H2,17,18,20). The zero-order chi connectivity index (χ0) is 14.2. The van der Waals surface area contributed by atoms with Crippen LogP contribution < -0.4 is 15.4 Å². The molecule has 0 atom stereocenters. The second-order valence-electron chi connectivity index (χ2n) is 4.36. The molecule has 0 unspecified atom stereocenters. The molecule has 0 spiro atoms. The van der Waals surface area contributed by atoms with Crippen molar-refractivity contribution in [2.45, 2.75) is 6.92 Å². The molecule has 0 fully saturated rings. The maximum atomic E-state index is 5.58. The van der Waals surface area contributed by atoms with Gasteiger partial charge in [-0.15, -0.1) is 0 Å². The number of nitrogens with one attached hydrogen (secondary N) is 2. The van der Waals surface area contributed by atoms with Crippen LogP contribution in [-0.2, 0) is 0 Å². The average molecular weight is 286 g/mol. The fraction of sp³-hybridized carbons (Fsp3) is 0.188. The highest BCUT2D eigenvalue weighted by atomic mass is 32.1. The van der Waals surface area contributed by atoms with Gasteiger partial charge in [-0.3, -0.25) is 0 Å². The molecule has 2 N–H and O–H groups in total. The van der Waals surface area contributed by atoms with E-state index in [4.69, 9.17) is 17.0 Å².